The summed E-state index contributed by atoms with van der Waals surface area (Å²) >= 11 is 0. The SMILES string of the molecule is CC/C=C/C=C/C=C\C=C/CCCC(CC(=O)NC(CO)C(O)CCCCCCCCCCCCCC)OC(=O)CCCCCCCCC/C=C/CCCCCCCC. The number of ether oxygens (including phenoxy) is 1. The Hall–Kier alpha value is -2.44. The highest BCUT2D eigenvalue weighted by atomic mass is 16.5. The summed E-state index contributed by atoms with van der Waals surface area (Å²) in [6, 6.07) is -0.723. The van der Waals surface area contributed by atoms with Gasteiger partial charge in [0.1, 0.15) is 6.10 Å². The minimum Gasteiger partial charge on any atom is -0.462 e. The molecule has 3 unspecified atom stereocenters. The molecule has 0 aliphatic carbocycles. The predicted octanol–water partition coefficient (Wildman–Crippen LogP) is 14.8. The van der Waals surface area contributed by atoms with Crippen LogP contribution in [0.1, 0.15) is 239 Å². The second-order valence-electron chi connectivity index (χ2n) is 16.9. The van der Waals surface area contributed by atoms with Crippen LogP contribution in [0.5, 0.6) is 0 Å². The van der Waals surface area contributed by atoms with E-state index in [9.17, 15) is 19.8 Å². The van der Waals surface area contributed by atoms with Gasteiger partial charge in [0.15, 0.2) is 0 Å². The molecule has 3 atom stereocenters. The molecule has 0 saturated heterocycles. The van der Waals surface area contributed by atoms with E-state index in [4.69, 9.17) is 4.74 Å². The number of esters is 1. The lowest BCUT2D eigenvalue weighted by atomic mass is 10.0. The van der Waals surface area contributed by atoms with Gasteiger partial charge in [-0.3, -0.25) is 9.59 Å². The fourth-order valence-corrected chi connectivity index (χ4v) is 7.38. The van der Waals surface area contributed by atoms with Crippen molar-refractivity contribution in [1.29, 1.82) is 0 Å². The largest absolute Gasteiger partial charge is 0.462 e. The van der Waals surface area contributed by atoms with Gasteiger partial charge in [0.05, 0.1) is 25.2 Å². The molecule has 342 valence electrons. The fourth-order valence-electron chi connectivity index (χ4n) is 7.38. The van der Waals surface area contributed by atoms with Crippen LogP contribution in [0.3, 0.4) is 0 Å². The van der Waals surface area contributed by atoms with Crippen LogP contribution in [0.2, 0.25) is 0 Å². The molecule has 0 rings (SSSR count). The molecule has 0 aliphatic rings. The molecular weight excluding hydrogens is 731 g/mol. The first-order valence-electron chi connectivity index (χ1n) is 25.1. The lowest BCUT2D eigenvalue weighted by Gasteiger charge is -2.24. The number of hydrogen-bond donors (Lipinski definition) is 3. The maximum Gasteiger partial charge on any atom is 0.306 e. The molecule has 0 aliphatic heterocycles. The van der Waals surface area contributed by atoms with Gasteiger partial charge in [-0.05, 0) is 64.2 Å². The summed E-state index contributed by atoms with van der Waals surface area (Å²) in [4.78, 5) is 26.1. The molecule has 0 spiro atoms. The van der Waals surface area contributed by atoms with Crippen molar-refractivity contribution in [1.82, 2.24) is 5.32 Å². The van der Waals surface area contributed by atoms with E-state index >= 15 is 0 Å². The molecule has 6 nitrogen and oxygen atoms in total. The number of carbonyl (C=O) groups excluding carboxylic acids is 2. The Labute approximate surface area is 365 Å². The van der Waals surface area contributed by atoms with E-state index in [1.807, 2.05) is 36.5 Å². The summed E-state index contributed by atoms with van der Waals surface area (Å²) in [6.45, 7) is 6.31. The topological polar surface area (TPSA) is 95.9 Å². The van der Waals surface area contributed by atoms with Crippen LogP contribution in [0.4, 0.5) is 0 Å². The molecule has 1 amide bonds. The number of amides is 1. The maximum absolute atomic E-state index is 13.1. The summed E-state index contributed by atoms with van der Waals surface area (Å²) in [5.74, 6) is -0.546. The van der Waals surface area contributed by atoms with E-state index in [-0.39, 0.29) is 24.9 Å². The molecule has 59 heavy (non-hydrogen) atoms. The summed E-state index contributed by atoms with van der Waals surface area (Å²) < 4.78 is 5.88. The highest BCUT2D eigenvalue weighted by Gasteiger charge is 2.24. The van der Waals surface area contributed by atoms with Gasteiger partial charge in [-0.1, -0.05) is 223 Å². The molecule has 3 N–H and O–H groups in total. The summed E-state index contributed by atoms with van der Waals surface area (Å²) in [5, 5.41) is 23.7. The molecule has 0 saturated carbocycles. The molecule has 0 heterocycles. The van der Waals surface area contributed by atoms with Crippen LogP contribution in [0, 0.1) is 0 Å². The highest BCUT2D eigenvalue weighted by molar-refractivity contribution is 5.77. The molecule has 0 aromatic heterocycles. The van der Waals surface area contributed by atoms with E-state index in [0.717, 1.165) is 57.8 Å². The summed E-state index contributed by atoms with van der Waals surface area (Å²) in [7, 11) is 0. The van der Waals surface area contributed by atoms with Crippen LogP contribution in [-0.2, 0) is 14.3 Å². The van der Waals surface area contributed by atoms with Gasteiger partial charge in [0.2, 0.25) is 5.91 Å². The maximum atomic E-state index is 13.1. The van der Waals surface area contributed by atoms with E-state index in [0.29, 0.717) is 19.3 Å². The van der Waals surface area contributed by atoms with Crippen molar-refractivity contribution in [3.63, 3.8) is 0 Å². The Morgan fingerprint density at radius 2 is 0.949 bits per heavy atom. The number of nitrogens with one attached hydrogen (secondary N) is 1. The average Bonchev–Trinajstić information content (AvgIpc) is 3.23. The third-order valence-corrected chi connectivity index (χ3v) is 11.2. The van der Waals surface area contributed by atoms with Crippen molar-refractivity contribution in [2.45, 2.75) is 257 Å². The lowest BCUT2D eigenvalue weighted by molar-refractivity contribution is -0.151. The van der Waals surface area contributed by atoms with Crippen LogP contribution in [0.15, 0.2) is 60.8 Å². The first-order valence-corrected chi connectivity index (χ1v) is 25.1. The number of unbranched alkanes of at least 4 members (excludes halogenated alkanes) is 25. The second-order valence-corrected chi connectivity index (χ2v) is 16.9. The van der Waals surface area contributed by atoms with Crippen LogP contribution < -0.4 is 5.32 Å². The number of aliphatic hydroxyl groups is 2. The van der Waals surface area contributed by atoms with Gasteiger partial charge in [-0.25, -0.2) is 0 Å². The van der Waals surface area contributed by atoms with Crippen LogP contribution in [-0.4, -0.2) is 46.9 Å². The highest BCUT2D eigenvalue weighted by Crippen LogP contribution is 2.17. The van der Waals surface area contributed by atoms with Gasteiger partial charge < -0.3 is 20.3 Å². The van der Waals surface area contributed by atoms with Crippen LogP contribution in [0.25, 0.3) is 0 Å². The molecule has 0 aromatic carbocycles. The summed E-state index contributed by atoms with van der Waals surface area (Å²) in [5.41, 5.74) is 0. The minimum atomic E-state index is -0.805. The van der Waals surface area contributed by atoms with Gasteiger partial charge >= 0.3 is 5.97 Å². The fraction of sp³-hybridized carbons (Fsp3) is 0.774. The molecule has 0 aromatic rings. The summed E-state index contributed by atoms with van der Waals surface area (Å²) in [6.07, 6.45) is 57.2. The monoisotopic (exact) mass is 826 g/mol. The van der Waals surface area contributed by atoms with E-state index < -0.39 is 18.2 Å². The van der Waals surface area contributed by atoms with Crippen molar-refractivity contribution < 1.29 is 24.5 Å². The number of hydrogen-bond acceptors (Lipinski definition) is 5. The minimum absolute atomic E-state index is 0.0293. The number of rotatable bonds is 44. The molecule has 0 bridgehead atoms. The number of allylic oxidation sites excluding steroid dienone is 10. The second kappa shape index (κ2) is 46.6. The van der Waals surface area contributed by atoms with Gasteiger partial charge in [-0.2, -0.15) is 0 Å². The van der Waals surface area contributed by atoms with E-state index in [2.05, 4.69) is 50.4 Å². The Bertz CT molecular complexity index is 1060. The van der Waals surface area contributed by atoms with Crippen molar-refractivity contribution in [2.75, 3.05) is 6.61 Å². The normalized spacial score (nSPS) is 13.8. The van der Waals surface area contributed by atoms with E-state index in [1.54, 1.807) is 0 Å². The third kappa shape index (κ3) is 42.1. The first-order chi connectivity index (χ1) is 29.0. The van der Waals surface area contributed by atoms with Gasteiger partial charge in [0, 0.05) is 6.42 Å². The standard InChI is InChI=1S/C53H95NO5/c1-4-7-10-13-16-19-22-24-25-26-27-28-31-34-37-40-43-46-53(58)59-49(44-41-38-35-32-29-21-18-15-12-9-6-3)47-52(57)54-50(48-55)51(56)45-42-39-36-33-30-23-20-17-14-11-8-5-2/h9,12,15,18,21,24-25,29,32,35,49-51,55-56H,4-8,10-11,13-14,16-17,19-20,22-23,26-28,30-31,33-34,36-48H2,1-3H3,(H,54,57)/b12-9+,18-15+,25-24+,29-21-,35-32-. The van der Waals surface area contributed by atoms with Crippen LogP contribution >= 0.6 is 0 Å². The third-order valence-electron chi connectivity index (χ3n) is 11.2. The van der Waals surface area contributed by atoms with Crippen molar-refractivity contribution in [2.24, 2.45) is 0 Å². The van der Waals surface area contributed by atoms with Gasteiger partial charge in [0.25, 0.3) is 0 Å². The number of carbonyl (C=O) groups is 2. The zero-order valence-electron chi connectivity index (χ0n) is 38.9. The Kier molecular flexibility index (Phi) is 44.7. The Balaban J connectivity index is 4.59. The van der Waals surface area contributed by atoms with Crippen molar-refractivity contribution >= 4 is 11.9 Å². The molecule has 6 heteroatoms. The Morgan fingerprint density at radius 3 is 1.46 bits per heavy atom. The van der Waals surface area contributed by atoms with E-state index in [1.165, 1.54) is 135 Å². The lowest BCUT2D eigenvalue weighted by Crippen LogP contribution is -2.46. The Morgan fingerprint density at radius 1 is 0.508 bits per heavy atom. The smallest absolute Gasteiger partial charge is 0.306 e. The molecule has 0 radical (unpaired) electrons. The predicted molar refractivity (Wildman–Crippen MR) is 255 cm³/mol. The van der Waals surface area contributed by atoms with Crippen molar-refractivity contribution in [3.05, 3.63) is 60.8 Å². The molecular formula is C53H95NO5. The quantitative estimate of drug-likeness (QED) is 0.0246. The average molecular weight is 826 g/mol. The zero-order valence-corrected chi connectivity index (χ0v) is 38.9. The zero-order chi connectivity index (χ0) is 43.1. The first kappa shape index (κ1) is 56.6. The van der Waals surface area contributed by atoms with Gasteiger partial charge in [-0.15, -0.1) is 0 Å². The van der Waals surface area contributed by atoms with Crippen molar-refractivity contribution in [3.8, 4) is 0 Å². The number of aliphatic hydroxyl groups excluding tert-OH is 2. The molecule has 0 fully saturated rings.